The van der Waals surface area contributed by atoms with Crippen LogP contribution in [-0.2, 0) is 9.53 Å². The number of carbonyl (C=O) groups excluding carboxylic acids is 2. The minimum atomic E-state index is -0.773. The van der Waals surface area contributed by atoms with Gasteiger partial charge in [0.2, 0.25) is 0 Å². The number of carbonyl (C=O) groups is 2. The van der Waals surface area contributed by atoms with Crippen LogP contribution < -0.4 is 5.32 Å². The van der Waals surface area contributed by atoms with E-state index in [1.807, 2.05) is 0 Å². The Morgan fingerprint density at radius 3 is 2.72 bits per heavy atom. The van der Waals surface area contributed by atoms with Crippen molar-refractivity contribution in [3.05, 3.63) is 28.5 Å². The van der Waals surface area contributed by atoms with Gasteiger partial charge in [-0.1, -0.05) is 12.2 Å². The number of nitrogens with one attached hydrogen (secondary N) is 2. The largest absolute Gasteiger partial charge is 0.469 e. The highest BCUT2D eigenvalue weighted by molar-refractivity contribution is 7.71. The summed E-state index contributed by atoms with van der Waals surface area (Å²) in [5, 5.41) is 2.67. The summed E-state index contributed by atoms with van der Waals surface area (Å²) in [4.78, 5) is 26.1. The van der Waals surface area contributed by atoms with Crippen molar-refractivity contribution in [2.75, 3.05) is 13.7 Å². The standard InChI is InChI=1S/C12H16N2O3S/c1-12(2,11(16)17-3)7-14-9(15)8-5-4-6-13-10(8)18/h4-6H,7H2,1-3H3,(H,13,18)(H,14,15). The van der Waals surface area contributed by atoms with Gasteiger partial charge >= 0.3 is 5.97 Å². The Labute approximate surface area is 111 Å². The molecule has 0 aliphatic rings. The zero-order valence-corrected chi connectivity index (χ0v) is 11.4. The van der Waals surface area contributed by atoms with Crippen molar-refractivity contribution in [2.24, 2.45) is 5.41 Å². The van der Waals surface area contributed by atoms with Crippen LogP contribution in [-0.4, -0.2) is 30.5 Å². The number of hydrogen-bond donors (Lipinski definition) is 2. The van der Waals surface area contributed by atoms with Crippen LogP contribution in [0, 0.1) is 10.1 Å². The number of aromatic nitrogens is 1. The second-order valence-corrected chi connectivity index (χ2v) is 4.88. The zero-order valence-electron chi connectivity index (χ0n) is 10.6. The van der Waals surface area contributed by atoms with Crippen molar-refractivity contribution in [1.82, 2.24) is 10.3 Å². The number of aromatic amines is 1. The maximum atomic E-state index is 11.9. The molecule has 98 valence electrons. The van der Waals surface area contributed by atoms with E-state index in [0.29, 0.717) is 10.2 Å². The maximum absolute atomic E-state index is 11.9. The molecule has 5 nitrogen and oxygen atoms in total. The second-order valence-electron chi connectivity index (χ2n) is 4.47. The third kappa shape index (κ3) is 3.40. The number of ether oxygens (including phenoxy) is 1. The van der Waals surface area contributed by atoms with Crippen LogP contribution in [0.4, 0.5) is 0 Å². The molecular weight excluding hydrogens is 252 g/mol. The van der Waals surface area contributed by atoms with E-state index in [-0.39, 0.29) is 18.4 Å². The summed E-state index contributed by atoms with van der Waals surface area (Å²) < 4.78 is 5.03. The summed E-state index contributed by atoms with van der Waals surface area (Å²) in [6.07, 6.45) is 1.65. The third-order valence-electron chi connectivity index (χ3n) is 2.49. The van der Waals surface area contributed by atoms with Gasteiger partial charge in [-0.3, -0.25) is 9.59 Å². The van der Waals surface area contributed by atoms with E-state index in [1.165, 1.54) is 7.11 Å². The maximum Gasteiger partial charge on any atom is 0.313 e. The number of H-pyrrole nitrogens is 1. The Morgan fingerprint density at radius 2 is 2.17 bits per heavy atom. The van der Waals surface area contributed by atoms with E-state index in [2.05, 4.69) is 15.0 Å². The molecule has 0 aliphatic heterocycles. The number of rotatable bonds is 4. The molecule has 1 heterocycles. The van der Waals surface area contributed by atoms with Crippen LogP contribution >= 0.6 is 12.2 Å². The van der Waals surface area contributed by atoms with Crippen molar-refractivity contribution in [3.63, 3.8) is 0 Å². The van der Waals surface area contributed by atoms with Crippen LogP contribution in [0.25, 0.3) is 0 Å². The number of amides is 1. The van der Waals surface area contributed by atoms with Gasteiger partial charge in [-0.25, -0.2) is 0 Å². The molecule has 0 atom stereocenters. The highest BCUT2D eigenvalue weighted by Gasteiger charge is 2.29. The van der Waals surface area contributed by atoms with Gasteiger partial charge < -0.3 is 15.0 Å². The highest BCUT2D eigenvalue weighted by Crippen LogP contribution is 2.15. The van der Waals surface area contributed by atoms with Crippen LogP contribution in [0.3, 0.4) is 0 Å². The van der Waals surface area contributed by atoms with Crippen molar-refractivity contribution in [3.8, 4) is 0 Å². The Kier molecular flexibility index (Phi) is 4.61. The quantitative estimate of drug-likeness (QED) is 0.643. The Balaban J connectivity index is 2.71. The van der Waals surface area contributed by atoms with Crippen LogP contribution in [0.2, 0.25) is 0 Å². The molecule has 0 spiro atoms. The van der Waals surface area contributed by atoms with E-state index < -0.39 is 5.41 Å². The first kappa shape index (κ1) is 14.4. The molecule has 2 N–H and O–H groups in total. The fourth-order valence-electron chi connectivity index (χ4n) is 1.35. The van der Waals surface area contributed by atoms with Gasteiger partial charge in [-0.05, 0) is 26.0 Å². The van der Waals surface area contributed by atoms with Gasteiger partial charge in [0, 0.05) is 12.7 Å². The lowest BCUT2D eigenvalue weighted by Crippen LogP contribution is -2.39. The first-order valence-electron chi connectivity index (χ1n) is 5.43. The van der Waals surface area contributed by atoms with Gasteiger partial charge in [0.1, 0.15) is 4.64 Å². The first-order chi connectivity index (χ1) is 8.38. The molecule has 1 rings (SSSR count). The molecule has 1 amide bonds. The Morgan fingerprint density at radius 1 is 1.50 bits per heavy atom. The van der Waals surface area contributed by atoms with Crippen LogP contribution in [0.1, 0.15) is 24.2 Å². The van der Waals surface area contributed by atoms with E-state index in [1.54, 1.807) is 32.2 Å². The Hall–Kier alpha value is -1.69. The van der Waals surface area contributed by atoms with Gasteiger partial charge in [-0.2, -0.15) is 0 Å². The van der Waals surface area contributed by atoms with E-state index in [9.17, 15) is 9.59 Å². The summed E-state index contributed by atoms with van der Waals surface area (Å²) in [6, 6.07) is 3.31. The molecule has 0 fully saturated rings. The second kappa shape index (κ2) is 5.77. The van der Waals surface area contributed by atoms with Crippen molar-refractivity contribution >= 4 is 24.1 Å². The van der Waals surface area contributed by atoms with Crippen LogP contribution in [0.15, 0.2) is 18.3 Å². The van der Waals surface area contributed by atoms with Crippen LogP contribution in [0.5, 0.6) is 0 Å². The molecule has 0 bridgehead atoms. The molecule has 6 heteroatoms. The lowest BCUT2D eigenvalue weighted by atomic mass is 9.93. The molecule has 0 aromatic carbocycles. The molecular formula is C12H16N2O3S. The lowest BCUT2D eigenvalue weighted by Gasteiger charge is -2.21. The summed E-state index contributed by atoms with van der Waals surface area (Å²) in [7, 11) is 1.32. The third-order valence-corrected chi connectivity index (χ3v) is 2.83. The molecule has 0 unspecified atom stereocenters. The predicted octanol–water partition coefficient (Wildman–Crippen LogP) is 1.67. The molecule has 18 heavy (non-hydrogen) atoms. The molecule has 0 saturated carbocycles. The van der Waals surface area contributed by atoms with Crippen molar-refractivity contribution in [2.45, 2.75) is 13.8 Å². The van der Waals surface area contributed by atoms with E-state index in [0.717, 1.165) is 0 Å². The first-order valence-corrected chi connectivity index (χ1v) is 5.83. The summed E-state index contributed by atoms with van der Waals surface area (Å²) in [5.41, 5.74) is -0.391. The Bertz CT molecular complexity index is 508. The predicted molar refractivity (Wildman–Crippen MR) is 69.8 cm³/mol. The molecule has 0 radical (unpaired) electrons. The molecule has 1 aromatic rings. The van der Waals surface area contributed by atoms with Crippen molar-refractivity contribution in [1.29, 1.82) is 0 Å². The normalized spacial score (nSPS) is 10.8. The average Bonchev–Trinajstić information content (AvgIpc) is 2.35. The molecule has 0 aliphatic carbocycles. The number of hydrogen-bond acceptors (Lipinski definition) is 4. The van der Waals surface area contributed by atoms with Gasteiger partial charge in [0.05, 0.1) is 18.1 Å². The zero-order chi connectivity index (χ0) is 13.8. The van der Waals surface area contributed by atoms with E-state index in [4.69, 9.17) is 12.2 Å². The van der Waals surface area contributed by atoms with Gasteiger partial charge in [0.25, 0.3) is 5.91 Å². The summed E-state index contributed by atoms with van der Waals surface area (Å²) in [5.74, 6) is -0.685. The summed E-state index contributed by atoms with van der Waals surface area (Å²) >= 11 is 5.00. The molecule has 1 aromatic heterocycles. The topological polar surface area (TPSA) is 71.2 Å². The number of methoxy groups -OCH3 is 1. The van der Waals surface area contributed by atoms with Gasteiger partial charge in [-0.15, -0.1) is 0 Å². The number of pyridine rings is 1. The van der Waals surface area contributed by atoms with Crippen molar-refractivity contribution < 1.29 is 14.3 Å². The van der Waals surface area contributed by atoms with E-state index >= 15 is 0 Å². The minimum Gasteiger partial charge on any atom is -0.469 e. The van der Waals surface area contributed by atoms with Gasteiger partial charge in [0.15, 0.2) is 0 Å². The average molecular weight is 268 g/mol. The summed E-state index contributed by atoms with van der Waals surface area (Å²) in [6.45, 7) is 3.58. The fourth-order valence-corrected chi connectivity index (χ4v) is 1.57. The smallest absolute Gasteiger partial charge is 0.313 e. The lowest BCUT2D eigenvalue weighted by molar-refractivity contribution is -0.150. The monoisotopic (exact) mass is 268 g/mol. The minimum absolute atomic E-state index is 0.183. The number of esters is 1. The molecule has 0 saturated heterocycles. The SMILES string of the molecule is COC(=O)C(C)(C)CNC(=O)c1ccc[nH]c1=S. The highest BCUT2D eigenvalue weighted by atomic mass is 32.1. The fraction of sp³-hybridized carbons (Fsp3) is 0.417.